The van der Waals surface area contributed by atoms with Gasteiger partial charge in [0.25, 0.3) is 11.8 Å². The van der Waals surface area contributed by atoms with Crippen molar-refractivity contribution in [2.24, 2.45) is 0 Å². The second kappa shape index (κ2) is 11.8. The molecule has 0 aliphatic heterocycles. The van der Waals surface area contributed by atoms with Crippen molar-refractivity contribution in [3.05, 3.63) is 90.0 Å². The Bertz CT molecular complexity index is 991. The molecule has 0 heterocycles. The number of hydrogen-bond acceptors (Lipinski definition) is 4. The number of para-hydroxylation sites is 1. The number of hydrogen-bond donors (Lipinski definition) is 2. The minimum atomic E-state index is -0.276. The Morgan fingerprint density at radius 2 is 1.58 bits per heavy atom. The molecule has 0 aromatic heterocycles. The van der Waals surface area contributed by atoms with Gasteiger partial charge in [-0.1, -0.05) is 37.3 Å². The fraction of sp³-hybridized carbons (Fsp3) is 0.200. The lowest BCUT2D eigenvalue weighted by Crippen LogP contribution is -2.25. The number of amides is 2. The van der Waals surface area contributed by atoms with Gasteiger partial charge in [-0.3, -0.25) is 9.59 Å². The van der Waals surface area contributed by atoms with E-state index in [0.717, 1.165) is 12.2 Å². The molecular formula is C25H26N2O3S. The van der Waals surface area contributed by atoms with Gasteiger partial charge in [0.1, 0.15) is 5.75 Å². The van der Waals surface area contributed by atoms with Crippen LogP contribution < -0.4 is 15.4 Å². The van der Waals surface area contributed by atoms with Gasteiger partial charge in [-0.25, -0.2) is 0 Å². The van der Waals surface area contributed by atoms with Gasteiger partial charge in [-0.05, 0) is 55.0 Å². The highest BCUT2D eigenvalue weighted by molar-refractivity contribution is 7.99. The van der Waals surface area contributed by atoms with Crippen molar-refractivity contribution >= 4 is 29.3 Å². The molecule has 2 amide bonds. The predicted molar refractivity (Wildman–Crippen MR) is 126 cm³/mol. The standard InChI is InChI=1S/C25H26N2O3S/c1-2-16-26-25(29)22-10-6-7-11-23(22)27-24(28)19-12-14-20(15-13-19)30-17-18-31-21-8-4-3-5-9-21/h3-15H,2,16-18H2,1H3,(H,26,29)(H,27,28). The number of nitrogens with one attached hydrogen (secondary N) is 2. The SMILES string of the molecule is CCCNC(=O)c1ccccc1NC(=O)c1ccc(OCCSc2ccccc2)cc1. The Balaban J connectivity index is 1.53. The van der Waals surface area contributed by atoms with Gasteiger partial charge in [0.2, 0.25) is 0 Å². The Morgan fingerprint density at radius 1 is 0.871 bits per heavy atom. The summed E-state index contributed by atoms with van der Waals surface area (Å²) in [5.41, 5.74) is 1.43. The van der Waals surface area contributed by atoms with Crippen LogP contribution in [0.5, 0.6) is 5.75 Å². The summed E-state index contributed by atoms with van der Waals surface area (Å²) in [4.78, 5) is 26.2. The number of carbonyl (C=O) groups is 2. The largest absolute Gasteiger partial charge is 0.493 e. The van der Waals surface area contributed by atoms with E-state index in [9.17, 15) is 9.59 Å². The lowest BCUT2D eigenvalue weighted by atomic mass is 10.1. The summed E-state index contributed by atoms with van der Waals surface area (Å²) >= 11 is 1.74. The van der Waals surface area contributed by atoms with Crippen LogP contribution in [0, 0.1) is 0 Å². The second-order valence-corrected chi connectivity index (χ2v) is 7.96. The Hall–Kier alpha value is -3.25. The highest BCUT2D eigenvalue weighted by Gasteiger charge is 2.13. The van der Waals surface area contributed by atoms with Gasteiger partial charge in [-0.2, -0.15) is 0 Å². The van der Waals surface area contributed by atoms with E-state index in [1.807, 2.05) is 25.1 Å². The molecule has 0 aliphatic carbocycles. The van der Waals surface area contributed by atoms with E-state index in [-0.39, 0.29) is 11.8 Å². The summed E-state index contributed by atoms with van der Waals surface area (Å²) in [6.07, 6.45) is 0.847. The Morgan fingerprint density at radius 3 is 2.32 bits per heavy atom. The summed E-state index contributed by atoms with van der Waals surface area (Å²) in [5.74, 6) is 1.07. The van der Waals surface area contributed by atoms with E-state index in [1.165, 1.54) is 4.90 Å². The van der Waals surface area contributed by atoms with Crippen LogP contribution >= 0.6 is 11.8 Å². The molecule has 31 heavy (non-hydrogen) atoms. The third kappa shape index (κ3) is 6.89. The first kappa shape index (κ1) is 22.4. The molecule has 0 bridgehead atoms. The molecule has 0 saturated carbocycles. The lowest BCUT2D eigenvalue weighted by Gasteiger charge is -2.12. The molecule has 160 valence electrons. The fourth-order valence-electron chi connectivity index (χ4n) is 2.86. The van der Waals surface area contributed by atoms with Gasteiger partial charge in [-0.15, -0.1) is 11.8 Å². The van der Waals surface area contributed by atoms with Crippen molar-refractivity contribution in [2.75, 3.05) is 24.2 Å². The van der Waals surface area contributed by atoms with Gasteiger partial charge in [0.15, 0.2) is 0 Å². The van der Waals surface area contributed by atoms with E-state index in [1.54, 1.807) is 60.3 Å². The molecule has 0 saturated heterocycles. The molecule has 3 rings (SSSR count). The maximum Gasteiger partial charge on any atom is 0.255 e. The zero-order valence-electron chi connectivity index (χ0n) is 17.5. The van der Waals surface area contributed by atoms with Crippen LogP contribution in [0.15, 0.2) is 83.8 Å². The molecule has 2 N–H and O–H groups in total. The van der Waals surface area contributed by atoms with E-state index < -0.39 is 0 Å². The maximum atomic E-state index is 12.6. The Kier molecular flexibility index (Phi) is 8.55. The van der Waals surface area contributed by atoms with Crippen LogP contribution in [0.3, 0.4) is 0 Å². The molecule has 0 aliphatic rings. The highest BCUT2D eigenvalue weighted by Crippen LogP contribution is 2.19. The van der Waals surface area contributed by atoms with Crippen LogP contribution in [0.4, 0.5) is 5.69 Å². The van der Waals surface area contributed by atoms with Gasteiger partial charge < -0.3 is 15.4 Å². The monoisotopic (exact) mass is 434 g/mol. The summed E-state index contributed by atoms with van der Waals surface area (Å²) in [6.45, 7) is 3.15. The first-order valence-electron chi connectivity index (χ1n) is 10.3. The maximum absolute atomic E-state index is 12.6. The third-order valence-corrected chi connectivity index (χ3v) is 5.41. The van der Waals surface area contributed by atoms with Crippen molar-refractivity contribution in [1.29, 1.82) is 0 Å². The fourth-order valence-corrected chi connectivity index (χ4v) is 3.61. The molecule has 6 heteroatoms. The highest BCUT2D eigenvalue weighted by atomic mass is 32.2. The summed E-state index contributed by atoms with van der Waals surface area (Å²) in [5, 5.41) is 5.67. The van der Waals surface area contributed by atoms with E-state index in [2.05, 4.69) is 22.8 Å². The molecule has 3 aromatic rings. The van der Waals surface area contributed by atoms with Gasteiger partial charge in [0.05, 0.1) is 17.9 Å². The van der Waals surface area contributed by atoms with Crippen molar-refractivity contribution in [2.45, 2.75) is 18.2 Å². The minimum Gasteiger partial charge on any atom is -0.493 e. The average molecular weight is 435 g/mol. The van der Waals surface area contributed by atoms with Crippen molar-refractivity contribution < 1.29 is 14.3 Å². The third-order valence-electron chi connectivity index (χ3n) is 4.44. The summed E-state index contributed by atoms with van der Waals surface area (Å²) in [7, 11) is 0. The first-order valence-corrected chi connectivity index (χ1v) is 11.2. The van der Waals surface area contributed by atoms with Crippen LogP contribution in [0.2, 0.25) is 0 Å². The number of benzene rings is 3. The van der Waals surface area contributed by atoms with Crippen LogP contribution in [-0.2, 0) is 0 Å². The zero-order chi connectivity index (χ0) is 21.9. The number of thioether (sulfide) groups is 1. The minimum absolute atomic E-state index is 0.199. The van der Waals surface area contributed by atoms with Crippen LogP contribution in [-0.4, -0.2) is 30.7 Å². The first-order chi connectivity index (χ1) is 15.2. The zero-order valence-corrected chi connectivity index (χ0v) is 18.3. The molecule has 0 atom stereocenters. The molecule has 0 fully saturated rings. The van der Waals surface area contributed by atoms with Crippen molar-refractivity contribution in [3.63, 3.8) is 0 Å². The Labute approximate surface area is 187 Å². The summed E-state index contributed by atoms with van der Waals surface area (Å²) < 4.78 is 5.76. The van der Waals surface area contributed by atoms with Crippen LogP contribution in [0.25, 0.3) is 0 Å². The quantitative estimate of drug-likeness (QED) is 0.338. The van der Waals surface area contributed by atoms with Crippen molar-refractivity contribution in [3.8, 4) is 5.75 Å². The molecule has 3 aromatic carbocycles. The number of carbonyl (C=O) groups excluding carboxylic acids is 2. The number of ether oxygens (including phenoxy) is 1. The number of anilines is 1. The lowest BCUT2D eigenvalue weighted by molar-refractivity contribution is 0.0954. The molecule has 0 radical (unpaired) electrons. The van der Waals surface area contributed by atoms with Gasteiger partial charge in [0, 0.05) is 22.8 Å². The van der Waals surface area contributed by atoms with E-state index in [4.69, 9.17) is 4.74 Å². The average Bonchev–Trinajstić information content (AvgIpc) is 2.81. The predicted octanol–water partition coefficient (Wildman–Crippen LogP) is 5.25. The molecule has 0 spiro atoms. The number of rotatable bonds is 10. The summed E-state index contributed by atoms with van der Waals surface area (Å²) in [6, 6.07) is 24.2. The molecule has 5 nitrogen and oxygen atoms in total. The second-order valence-electron chi connectivity index (χ2n) is 6.79. The molecule has 0 unspecified atom stereocenters. The van der Waals surface area contributed by atoms with Gasteiger partial charge >= 0.3 is 0 Å². The normalized spacial score (nSPS) is 10.4. The molecular weight excluding hydrogens is 408 g/mol. The van der Waals surface area contributed by atoms with Crippen molar-refractivity contribution in [1.82, 2.24) is 5.32 Å². The smallest absolute Gasteiger partial charge is 0.255 e. The van der Waals surface area contributed by atoms with E-state index in [0.29, 0.717) is 35.7 Å². The van der Waals surface area contributed by atoms with E-state index >= 15 is 0 Å². The van der Waals surface area contributed by atoms with Crippen LogP contribution in [0.1, 0.15) is 34.1 Å². The topological polar surface area (TPSA) is 67.4 Å².